The summed E-state index contributed by atoms with van der Waals surface area (Å²) in [4.78, 5) is 0. The molecule has 0 nitrogen and oxygen atoms in total. The minimum atomic E-state index is -1.90. The standard InChI is InChI=1S/2C6H5.C6H11.Bi/c2*1-2-4-6-5-3-1;1-3-5-6-4-2;/h2*1-5H;1,3H,4-6H2,2H3;. The molecule has 0 fully saturated rings. The van der Waals surface area contributed by atoms with Crippen LogP contribution in [0.1, 0.15) is 26.2 Å². The van der Waals surface area contributed by atoms with E-state index in [1.165, 1.54) is 19.3 Å². The van der Waals surface area contributed by atoms with Crippen LogP contribution < -0.4 is 6.54 Å². The van der Waals surface area contributed by atoms with Gasteiger partial charge in [-0.25, -0.2) is 0 Å². The second kappa shape index (κ2) is 8.28. The van der Waals surface area contributed by atoms with Crippen LogP contribution in [-0.4, -0.2) is 21.8 Å². The zero-order chi connectivity index (χ0) is 13.3. The molecule has 0 aliphatic heterocycles. The van der Waals surface area contributed by atoms with Gasteiger partial charge in [-0.1, -0.05) is 0 Å². The van der Waals surface area contributed by atoms with Gasteiger partial charge in [-0.05, 0) is 0 Å². The van der Waals surface area contributed by atoms with Gasteiger partial charge in [-0.3, -0.25) is 0 Å². The van der Waals surface area contributed by atoms with E-state index in [9.17, 15) is 0 Å². The predicted octanol–water partition coefficient (Wildman–Crippen LogP) is 3.58. The summed E-state index contributed by atoms with van der Waals surface area (Å²) in [6.07, 6.45) is 6.22. The van der Waals surface area contributed by atoms with E-state index < -0.39 is 21.8 Å². The Morgan fingerprint density at radius 2 is 1.37 bits per heavy atom. The summed E-state index contributed by atoms with van der Waals surface area (Å²) in [5.74, 6) is 0. The third-order valence-electron chi connectivity index (χ3n) is 3.05. The van der Waals surface area contributed by atoms with E-state index in [0.29, 0.717) is 0 Å². The molecule has 0 heterocycles. The number of hydrogen-bond acceptors (Lipinski definition) is 0. The van der Waals surface area contributed by atoms with Crippen LogP contribution in [0.15, 0.2) is 70.5 Å². The van der Waals surface area contributed by atoms with E-state index in [1.807, 2.05) is 0 Å². The van der Waals surface area contributed by atoms with Crippen LogP contribution >= 0.6 is 0 Å². The summed E-state index contributed by atoms with van der Waals surface area (Å²) in [6.45, 7) is 2.25. The van der Waals surface area contributed by atoms with Gasteiger partial charge in [0.25, 0.3) is 0 Å². The summed E-state index contributed by atoms with van der Waals surface area (Å²) < 4.78 is 5.68. The number of hydrogen-bond donors (Lipinski definition) is 0. The molecular formula is C18H21Bi. The van der Waals surface area contributed by atoms with E-state index in [0.717, 1.165) is 0 Å². The normalized spacial score (nSPS) is 11.3. The Labute approximate surface area is 124 Å². The minimum absolute atomic E-state index is 1.22. The third kappa shape index (κ3) is 4.58. The number of allylic oxidation sites excluding steroid dienone is 1. The molecule has 0 N–H and O–H groups in total. The Kier molecular flexibility index (Phi) is 6.30. The molecule has 98 valence electrons. The zero-order valence-corrected chi connectivity index (χ0v) is 15.0. The predicted molar refractivity (Wildman–Crippen MR) is 86.6 cm³/mol. The molecule has 0 atom stereocenters. The summed E-state index contributed by atoms with van der Waals surface area (Å²) >= 11 is -1.90. The monoisotopic (exact) mass is 446 g/mol. The molecule has 1 heteroatoms. The Balaban J connectivity index is 2.22. The summed E-state index contributed by atoms with van der Waals surface area (Å²) in [5.41, 5.74) is 0. The summed E-state index contributed by atoms with van der Waals surface area (Å²) in [6, 6.07) is 22.1. The average Bonchev–Trinajstić information content (AvgIpc) is 2.49. The molecule has 0 saturated heterocycles. The maximum absolute atomic E-state index is 2.55. The Hall–Kier alpha value is -0.937. The topological polar surface area (TPSA) is 0 Å². The van der Waals surface area contributed by atoms with Crippen molar-refractivity contribution in [3.8, 4) is 0 Å². The zero-order valence-electron chi connectivity index (χ0n) is 11.5. The van der Waals surface area contributed by atoms with Gasteiger partial charge in [0.1, 0.15) is 0 Å². The number of rotatable bonds is 6. The Bertz CT molecular complexity index is 448. The van der Waals surface area contributed by atoms with Crippen molar-refractivity contribution in [1.29, 1.82) is 0 Å². The van der Waals surface area contributed by atoms with Gasteiger partial charge in [0.15, 0.2) is 0 Å². The van der Waals surface area contributed by atoms with Crippen molar-refractivity contribution >= 4 is 28.3 Å². The quantitative estimate of drug-likeness (QED) is 0.470. The van der Waals surface area contributed by atoms with E-state index >= 15 is 0 Å². The van der Waals surface area contributed by atoms with Crippen molar-refractivity contribution in [2.24, 2.45) is 0 Å². The summed E-state index contributed by atoms with van der Waals surface area (Å²) in [5, 5.41) is 0. The van der Waals surface area contributed by atoms with E-state index in [1.54, 1.807) is 6.54 Å². The molecule has 0 unspecified atom stereocenters. The van der Waals surface area contributed by atoms with Gasteiger partial charge in [0, 0.05) is 0 Å². The van der Waals surface area contributed by atoms with Crippen molar-refractivity contribution in [2.75, 3.05) is 0 Å². The first kappa shape index (κ1) is 14.5. The molecule has 0 bridgehead atoms. The van der Waals surface area contributed by atoms with Crippen LogP contribution in [-0.2, 0) is 0 Å². The van der Waals surface area contributed by atoms with Gasteiger partial charge < -0.3 is 0 Å². The molecule has 19 heavy (non-hydrogen) atoms. The van der Waals surface area contributed by atoms with E-state index in [2.05, 4.69) is 77.4 Å². The van der Waals surface area contributed by atoms with Crippen LogP contribution in [0, 0.1) is 0 Å². The van der Waals surface area contributed by atoms with Crippen molar-refractivity contribution in [3.63, 3.8) is 0 Å². The Morgan fingerprint density at radius 3 is 1.84 bits per heavy atom. The third-order valence-corrected chi connectivity index (χ3v) is 11.7. The molecule has 2 aromatic rings. The average molecular weight is 446 g/mol. The molecule has 2 rings (SSSR count). The second-order valence-electron chi connectivity index (χ2n) is 4.57. The van der Waals surface area contributed by atoms with Crippen molar-refractivity contribution < 1.29 is 0 Å². The molecule has 0 aromatic heterocycles. The van der Waals surface area contributed by atoms with Gasteiger partial charge >= 0.3 is 125 Å². The van der Waals surface area contributed by atoms with Crippen LogP contribution in [0.3, 0.4) is 0 Å². The molecular weight excluding hydrogens is 425 g/mol. The van der Waals surface area contributed by atoms with E-state index in [4.69, 9.17) is 0 Å². The fourth-order valence-electron chi connectivity index (χ4n) is 2.00. The maximum atomic E-state index is 2.55. The van der Waals surface area contributed by atoms with Crippen molar-refractivity contribution in [3.05, 3.63) is 70.5 Å². The first-order valence-corrected chi connectivity index (χ1v) is 12.5. The van der Waals surface area contributed by atoms with Gasteiger partial charge in [-0.15, -0.1) is 0 Å². The molecule has 0 aliphatic carbocycles. The van der Waals surface area contributed by atoms with Crippen LogP contribution in [0.2, 0.25) is 0 Å². The SMILES string of the molecule is CCCC/C=[CH]/[Bi]([c]1ccccc1)[c]1ccccc1. The molecule has 2 aromatic carbocycles. The molecule has 0 radical (unpaired) electrons. The molecule has 0 spiro atoms. The molecule has 0 aliphatic rings. The number of benzene rings is 2. The molecule has 0 amide bonds. The first-order valence-electron chi connectivity index (χ1n) is 6.98. The van der Waals surface area contributed by atoms with Crippen LogP contribution in [0.25, 0.3) is 0 Å². The second-order valence-corrected chi connectivity index (χ2v) is 12.6. The van der Waals surface area contributed by atoms with Crippen molar-refractivity contribution in [2.45, 2.75) is 26.2 Å². The first-order chi connectivity index (χ1) is 9.42. The number of unbranched alkanes of at least 4 members (excludes halogenated alkanes) is 2. The van der Waals surface area contributed by atoms with Crippen LogP contribution in [0.4, 0.5) is 0 Å². The fourth-order valence-corrected chi connectivity index (χ4v) is 9.73. The van der Waals surface area contributed by atoms with Gasteiger partial charge in [0.2, 0.25) is 0 Å². The van der Waals surface area contributed by atoms with Crippen LogP contribution in [0.5, 0.6) is 0 Å². The summed E-state index contributed by atoms with van der Waals surface area (Å²) in [7, 11) is 0. The van der Waals surface area contributed by atoms with Gasteiger partial charge in [0.05, 0.1) is 0 Å². The Morgan fingerprint density at radius 1 is 0.842 bits per heavy atom. The molecule has 0 saturated carbocycles. The van der Waals surface area contributed by atoms with Crippen molar-refractivity contribution in [1.82, 2.24) is 0 Å². The van der Waals surface area contributed by atoms with Gasteiger partial charge in [-0.2, -0.15) is 0 Å². The van der Waals surface area contributed by atoms with E-state index in [-0.39, 0.29) is 0 Å². The fraction of sp³-hybridized carbons (Fsp3) is 0.222.